The molecule has 3 aromatic rings. The molecule has 0 radical (unpaired) electrons. The van der Waals surface area contributed by atoms with E-state index in [9.17, 15) is 14.4 Å². The fraction of sp³-hybridized carbons (Fsp3) is 0.261. The molecule has 0 bridgehead atoms. The zero-order valence-corrected chi connectivity index (χ0v) is 17.9. The van der Waals surface area contributed by atoms with Gasteiger partial charge in [0, 0.05) is 39.6 Å². The van der Waals surface area contributed by atoms with Crippen molar-refractivity contribution in [3.05, 3.63) is 92.0 Å². The van der Waals surface area contributed by atoms with Gasteiger partial charge in [0.1, 0.15) is 11.1 Å². The quantitative estimate of drug-likeness (QED) is 0.605. The topological polar surface area (TPSA) is 71.4 Å². The fourth-order valence-corrected chi connectivity index (χ4v) is 3.91. The van der Waals surface area contributed by atoms with Crippen molar-refractivity contribution in [1.82, 2.24) is 14.8 Å². The van der Waals surface area contributed by atoms with Gasteiger partial charge < -0.3 is 14.8 Å². The lowest BCUT2D eigenvalue weighted by molar-refractivity contribution is 0.0783. The number of rotatable bonds is 8. The summed E-state index contributed by atoms with van der Waals surface area (Å²) in [5.74, 6) is -0.888. The van der Waals surface area contributed by atoms with Crippen LogP contribution in [0.1, 0.15) is 38.3 Å². The summed E-state index contributed by atoms with van der Waals surface area (Å²) in [7, 11) is 3.13. The second-order valence-electron chi connectivity index (χ2n) is 7.11. The van der Waals surface area contributed by atoms with Crippen LogP contribution in [0.5, 0.6) is 0 Å². The number of amides is 2. The number of aryl methyl sites for hydroxylation is 2. The number of hydrogen-bond acceptors (Lipinski definition) is 4. The third kappa shape index (κ3) is 5.24. The van der Waals surface area contributed by atoms with E-state index in [4.69, 9.17) is 0 Å². The summed E-state index contributed by atoms with van der Waals surface area (Å²) in [5, 5.41) is 6.40. The smallest absolute Gasteiger partial charge is 0.259 e. The second kappa shape index (κ2) is 10.0. The van der Waals surface area contributed by atoms with Gasteiger partial charge in [-0.05, 0) is 40.8 Å². The van der Waals surface area contributed by atoms with E-state index in [1.165, 1.54) is 23.7 Å². The summed E-state index contributed by atoms with van der Waals surface area (Å²) in [4.78, 5) is 39.6. The van der Waals surface area contributed by atoms with E-state index in [2.05, 4.69) is 17.4 Å². The normalized spacial score (nSPS) is 10.6. The summed E-state index contributed by atoms with van der Waals surface area (Å²) < 4.78 is 1.76. The summed E-state index contributed by atoms with van der Waals surface area (Å²) in [6.07, 6.45) is 4.77. The molecule has 0 aliphatic rings. The minimum absolute atomic E-state index is 0.00791. The van der Waals surface area contributed by atoms with Gasteiger partial charge in [0.05, 0.1) is 0 Å². The maximum absolute atomic E-state index is 13.0. The maximum Gasteiger partial charge on any atom is 0.259 e. The third-order valence-corrected chi connectivity index (χ3v) is 5.58. The highest BCUT2D eigenvalue weighted by Gasteiger charge is 2.21. The number of nitrogens with zero attached hydrogens (tertiary/aromatic N) is 2. The molecule has 2 heterocycles. The third-order valence-electron chi connectivity index (χ3n) is 4.85. The van der Waals surface area contributed by atoms with Crippen LogP contribution in [0.4, 0.5) is 0 Å². The predicted molar refractivity (Wildman–Crippen MR) is 119 cm³/mol. The molecule has 0 aliphatic carbocycles. The summed E-state index contributed by atoms with van der Waals surface area (Å²) >= 11 is 1.55. The Morgan fingerprint density at radius 3 is 2.47 bits per heavy atom. The number of pyridine rings is 1. The van der Waals surface area contributed by atoms with Gasteiger partial charge in [-0.2, -0.15) is 11.3 Å². The highest BCUT2D eigenvalue weighted by molar-refractivity contribution is 7.07. The molecule has 7 heteroatoms. The van der Waals surface area contributed by atoms with Crippen LogP contribution in [-0.2, 0) is 19.5 Å². The molecule has 30 heavy (non-hydrogen) atoms. The van der Waals surface area contributed by atoms with Crippen LogP contribution in [0, 0.1) is 0 Å². The van der Waals surface area contributed by atoms with Crippen LogP contribution < -0.4 is 10.7 Å². The Bertz CT molecular complexity index is 1060. The Morgan fingerprint density at radius 1 is 1.07 bits per heavy atom. The highest BCUT2D eigenvalue weighted by Crippen LogP contribution is 2.11. The molecular formula is C23H25N3O3S. The van der Waals surface area contributed by atoms with Crippen molar-refractivity contribution in [2.24, 2.45) is 0 Å². The first-order valence-electron chi connectivity index (χ1n) is 9.76. The lowest BCUT2D eigenvalue weighted by Gasteiger charge is -2.18. The van der Waals surface area contributed by atoms with Gasteiger partial charge in [-0.15, -0.1) is 0 Å². The molecular weight excluding hydrogens is 398 g/mol. The van der Waals surface area contributed by atoms with Crippen LogP contribution in [0.2, 0.25) is 0 Å². The molecule has 6 nitrogen and oxygen atoms in total. The molecule has 1 aromatic carbocycles. The Balaban J connectivity index is 1.83. The van der Waals surface area contributed by atoms with Crippen molar-refractivity contribution in [2.75, 3.05) is 14.1 Å². The number of carbonyl (C=O) groups excluding carboxylic acids is 2. The van der Waals surface area contributed by atoms with Crippen LogP contribution >= 0.6 is 11.3 Å². The molecule has 0 unspecified atom stereocenters. The molecule has 0 saturated carbocycles. The van der Waals surface area contributed by atoms with Crippen molar-refractivity contribution < 1.29 is 9.59 Å². The first kappa shape index (κ1) is 21.5. The van der Waals surface area contributed by atoms with E-state index in [1.54, 1.807) is 29.1 Å². The van der Waals surface area contributed by atoms with Crippen LogP contribution in [-0.4, -0.2) is 35.4 Å². The van der Waals surface area contributed by atoms with Crippen molar-refractivity contribution >= 4 is 23.2 Å². The van der Waals surface area contributed by atoms with Gasteiger partial charge in [-0.1, -0.05) is 30.3 Å². The number of aromatic nitrogens is 1. The van der Waals surface area contributed by atoms with Crippen LogP contribution in [0.3, 0.4) is 0 Å². The van der Waals surface area contributed by atoms with Crippen molar-refractivity contribution in [3.63, 3.8) is 0 Å². The molecule has 0 atom stereocenters. The lowest BCUT2D eigenvalue weighted by Crippen LogP contribution is -2.35. The average molecular weight is 424 g/mol. The molecule has 156 valence electrons. The Morgan fingerprint density at radius 2 is 1.80 bits per heavy atom. The van der Waals surface area contributed by atoms with Gasteiger partial charge in [0.25, 0.3) is 11.8 Å². The fourth-order valence-electron chi connectivity index (χ4n) is 3.25. The zero-order chi connectivity index (χ0) is 21.5. The molecule has 1 N–H and O–H groups in total. The summed E-state index contributed by atoms with van der Waals surface area (Å²) in [6.45, 7) is 0.994. The lowest BCUT2D eigenvalue weighted by atomic mass is 10.1. The zero-order valence-electron chi connectivity index (χ0n) is 17.1. The van der Waals surface area contributed by atoms with E-state index in [0.717, 1.165) is 18.4 Å². The Hall–Kier alpha value is -3.19. The SMILES string of the molecule is CNC(=O)c1cn(CCCc2ccccc2)cc(C(=O)N(C)Cc2ccsc2)c1=O. The molecule has 2 aromatic heterocycles. The molecule has 2 amide bonds. The molecule has 0 saturated heterocycles. The van der Waals surface area contributed by atoms with Crippen molar-refractivity contribution in [1.29, 1.82) is 0 Å². The average Bonchev–Trinajstić information content (AvgIpc) is 3.27. The predicted octanol–water partition coefficient (Wildman–Crippen LogP) is 3.17. The van der Waals surface area contributed by atoms with Gasteiger partial charge in [0.15, 0.2) is 0 Å². The Kier molecular flexibility index (Phi) is 7.19. The first-order chi connectivity index (χ1) is 14.5. The molecule has 0 spiro atoms. The van der Waals surface area contributed by atoms with E-state index in [0.29, 0.717) is 13.1 Å². The van der Waals surface area contributed by atoms with E-state index in [-0.39, 0.29) is 11.1 Å². The number of nitrogens with one attached hydrogen (secondary N) is 1. The largest absolute Gasteiger partial charge is 0.355 e. The monoisotopic (exact) mass is 423 g/mol. The van der Waals surface area contributed by atoms with Crippen LogP contribution in [0.15, 0.2) is 64.3 Å². The summed E-state index contributed by atoms with van der Waals surface area (Å²) in [6, 6.07) is 12.0. The molecule has 3 rings (SSSR count). The summed E-state index contributed by atoms with van der Waals surface area (Å²) in [5.41, 5.74) is 1.66. The van der Waals surface area contributed by atoms with Gasteiger partial charge in [-0.25, -0.2) is 0 Å². The maximum atomic E-state index is 13.0. The van der Waals surface area contributed by atoms with E-state index >= 15 is 0 Å². The second-order valence-corrected chi connectivity index (χ2v) is 7.89. The first-order valence-corrected chi connectivity index (χ1v) is 10.7. The Labute approximate surface area is 179 Å². The van der Waals surface area contributed by atoms with E-state index < -0.39 is 17.2 Å². The number of carbonyl (C=O) groups is 2. The molecule has 0 aliphatic heterocycles. The van der Waals surface area contributed by atoms with Gasteiger partial charge >= 0.3 is 0 Å². The van der Waals surface area contributed by atoms with Crippen molar-refractivity contribution in [3.8, 4) is 0 Å². The standard InChI is InChI=1S/C23H25N3O3S/c1-24-22(28)19-14-26(11-6-9-17-7-4-3-5-8-17)15-20(21(19)27)23(29)25(2)13-18-10-12-30-16-18/h3-5,7-8,10,12,14-16H,6,9,11,13H2,1-2H3,(H,24,28). The van der Waals surface area contributed by atoms with Crippen LogP contribution in [0.25, 0.3) is 0 Å². The number of benzene rings is 1. The number of hydrogen-bond donors (Lipinski definition) is 1. The van der Waals surface area contributed by atoms with E-state index in [1.807, 2.05) is 35.0 Å². The van der Waals surface area contributed by atoms with Gasteiger partial charge in [-0.3, -0.25) is 14.4 Å². The minimum Gasteiger partial charge on any atom is -0.355 e. The molecule has 0 fully saturated rings. The highest BCUT2D eigenvalue weighted by atomic mass is 32.1. The van der Waals surface area contributed by atoms with Gasteiger partial charge in [0.2, 0.25) is 5.43 Å². The number of thiophene rings is 1. The van der Waals surface area contributed by atoms with Crippen molar-refractivity contribution in [2.45, 2.75) is 25.9 Å². The minimum atomic E-state index is -0.546.